The van der Waals surface area contributed by atoms with Gasteiger partial charge in [-0.15, -0.1) is 0 Å². The van der Waals surface area contributed by atoms with Crippen molar-refractivity contribution in [1.29, 1.82) is 0 Å². The number of aliphatic hydroxyl groups is 1. The Balaban J connectivity index is 1.22. The number of rotatable bonds is 12. The van der Waals surface area contributed by atoms with Crippen LogP contribution in [0.3, 0.4) is 0 Å². The van der Waals surface area contributed by atoms with Gasteiger partial charge in [0.15, 0.2) is 17.5 Å². The van der Waals surface area contributed by atoms with E-state index in [1.807, 2.05) is 18.2 Å². The topological polar surface area (TPSA) is 58.1 Å². The second-order valence-corrected chi connectivity index (χ2v) is 12.0. The molecule has 43 heavy (non-hydrogen) atoms. The maximum absolute atomic E-state index is 16.4. The van der Waals surface area contributed by atoms with E-state index in [1.165, 1.54) is 0 Å². The second kappa shape index (κ2) is 14.3. The number of halogens is 4. The molecule has 0 radical (unpaired) electrons. The Hall–Kier alpha value is -2.79. The summed E-state index contributed by atoms with van der Waals surface area (Å²) in [5.74, 6) is -3.13. The van der Waals surface area contributed by atoms with E-state index < -0.39 is 23.6 Å². The first kappa shape index (κ1) is 31.6. The molecule has 0 aliphatic carbocycles. The predicted octanol–water partition coefficient (Wildman–Crippen LogP) is 5.99. The summed E-state index contributed by atoms with van der Waals surface area (Å²) in [6.07, 6.45) is 3.99. The standard InChI is InChI=1S/C33H41F4N3O3/c1-42-25-4-5-30-26(19-25)31(24(20-38-30)21-40-13-15-43-16-14-40)27(34)6-7-33(22-41)8-11-39(12-9-33)10-2-3-23-17-28(35)32(37)29(36)18-23/h4-5,17-20,27,41H,2-3,6-16,21-22H2,1H3/t27-/m0/s1. The quantitative estimate of drug-likeness (QED) is 0.203. The molecule has 0 unspecified atom stereocenters. The van der Waals surface area contributed by atoms with Crippen molar-refractivity contribution >= 4 is 10.9 Å². The largest absolute Gasteiger partial charge is 0.497 e. The van der Waals surface area contributed by atoms with Gasteiger partial charge in [-0.05, 0) is 105 Å². The number of benzene rings is 2. The van der Waals surface area contributed by atoms with Gasteiger partial charge in [-0.1, -0.05) is 0 Å². The number of hydrogen-bond donors (Lipinski definition) is 1. The van der Waals surface area contributed by atoms with E-state index in [0.29, 0.717) is 55.9 Å². The van der Waals surface area contributed by atoms with E-state index in [0.717, 1.165) is 74.2 Å². The minimum Gasteiger partial charge on any atom is -0.497 e. The first-order valence-corrected chi connectivity index (χ1v) is 15.2. The SMILES string of the molecule is COc1ccc2ncc(CN3CCOCC3)c([C@@H](F)CCC3(CO)CCN(CCCc4cc(F)c(F)c(F)c4)CC3)c2c1. The number of aromatic nitrogens is 1. The maximum atomic E-state index is 16.4. The van der Waals surface area contributed by atoms with E-state index in [-0.39, 0.29) is 18.4 Å². The normalized spacial score (nSPS) is 18.7. The van der Waals surface area contributed by atoms with Crippen LogP contribution in [0.25, 0.3) is 10.9 Å². The third-order valence-electron chi connectivity index (χ3n) is 9.17. The fourth-order valence-corrected chi connectivity index (χ4v) is 6.43. The van der Waals surface area contributed by atoms with Crippen molar-refractivity contribution in [1.82, 2.24) is 14.8 Å². The van der Waals surface area contributed by atoms with Crippen molar-refractivity contribution < 1.29 is 32.1 Å². The Morgan fingerprint density at radius 2 is 1.74 bits per heavy atom. The van der Waals surface area contributed by atoms with Crippen molar-refractivity contribution in [3.05, 3.63) is 70.7 Å². The van der Waals surface area contributed by atoms with E-state index in [9.17, 15) is 18.3 Å². The summed E-state index contributed by atoms with van der Waals surface area (Å²) in [5, 5.41) is 11.2. The van der Waals surface area contributed by atoms with Crippen LogP contribution in [0.4, 0.5) is 17.6 Å². The molecule has 5 rings (SSSR count). The number of aryl methyl sites for hydroxylation is 1. The molecule has 0 amide bonds. The number of likely N-dealkylation sites (tertiary alicyclic amines) is 1. The number of hydrogen-bond acceptors (Lipinski definition) is 6. The Morgan fingerprint density at radius 1 is 1.02 bits per heavy atom. The van der Waals surface area contributed by atoms with Crippen LogP contribution < -0.4 is 4.74 Å². The molecule has 2 saturated heterocycles. The van der Waals surface area contributed by atoms with Crippen LogP contribution in [0.15, 0.2) is 36.5 Å². The molecule has 2 fully saturated rings. The lowest BCUT2D eigenvalue weighted by Gasteiger charge is -2.41. The average Bonchev–Trinajstić information content (AvgIpc) is 3.03. The van der Waals surface area contributed by atoms with Crippen molar-refractivity contribution in [3.8, 4) is 5.75 Å². The molecule has 1 atom stereocenters. The summed E-state index contributed by atoms with van der Waals surface area (Å²) in [7, 11) is 1.60. The number of nitrogens with zero attached hydrogens (tertiary/aromatic N) is 3. The summed E-state index contributed by atoms with van der Waals surface area (Å²) < 4.78 is 67.6. The van der Waals surface area contributed by atoms with Crippen molar-refractivity contribution in [2.45, 2.75) is 51.2 Å². The van der Waals surface area contributed by atoms with E-state index in [1.54, 1.807) is 13.3 Å². The first-order valence-electron chi connectivity index (χ1n) is 15.2. The maximum Gasteiger partial charge on any atom is 0.194 e. The lowest BCUT2D eigenvalue weighted by molar-refractivity contribution is 0.0293. The van der Waals surface area contributed by atoms with E-state index in [4.69, 9.17) is 9.47 Å². The molecule has 234 valence electrons. The van der Waals surface area contributed by atoms with Crippen LogP contribution >= 0.6 is 0 Å². The number of methoxy groups -OCH3 is 1. The first-order chi connectivity index (χ1) is 20.8. The van der Waals surface area contributed by atoms with Crippen LogP contribution in [0.2, 0.25) is 0 Å². The zero-order chi connectivity index (χ0) is 30.4. The van der Waals surface area contributed by atoms with Crippen molar-refractivity contribution in [3.63, 3.8) is 0 Å². The molecular weight excluding hydrogens is 562 g/mol. The van der Waals surface area contributed by atoms with Gasteiger partial charge < -0.3 is 19.5 Å². The van der Waals surface area contributed by atoms with Crippen LogP contribution in [0.5, 0.6) is 5.75 Å². The Kier molecular flexibility index (Phi) is 10.5. The third kappa shape index (κ3) is 7.66. The highest BCUT2D eigenvalue weighted by atomic mass is 19.2. The van der Waals surface area contributed by atoms with Crippen LogP contribution in [-0.2, 0) is 17.7 Å². The molecule has 0 spiro atoms. The number of alkyl halides is 1. The monoisotopic (exact) mass is 603 g/mol. The third-order valence-corrected chi connectivity index (χ3v) is 9.17. The predicted molar refractivity (Wildman–Crippen MR) is 157 cm³/mol. The van der Waals surface area contributed by atoms with Gasteiger partial charge in [-0.2, -0.15) is 0 Å². The summed E-state index contributed by atoms with van der Waals surface area (Å²) in [6.45, 7) is 5.70. The fraction of sp³-hybridized carbons (Fsp3) is 0.545. The number of fused-ring (bicyclic) bond motifs is 1. The summed E-state index contributed by atoms with van der Waals surface area (Å²) >= 11 is 0. The molecule has 3 heterocycles. The molecule has 2 aliphatic rings. The molecule has 10 heteroatoms. The fourth-order valence-electron chi connectivity index (χ4n) is 6.43. The number of aliphatic hydroxyl groups excluding tert-OH is 1. The lowest BCUT2D eigenvalue weighted by atomic mass is 9.74. The second-order valence-electron chi connectivity index (χ2n) is 12.0. The Labute approximate surface area is 250 Å². The van der Waals surface area contributed by atoms with Gasteiger partial charge in [-0.3, -0.25) is 9.88 Å². The molecule has 1 aromatic heterocycles. The summed E-state index contributed by atoms with van der Waals surface area (Å²) in [6, 6.07) is 7.65. The number of ether oxygens (including phenoxy) is 2. The number of morpholine rings is 1. The summed E-state index contributed by atoms with van der Waals surface area (Å²) in [5.41, 5.74) is 2.30. The van der Waals surface area contributed by atoms with Gasteiger partial charge in [0.2, 0.25) is 0 Å². The van der Waals surface area contributed by atoms with Crippen LogP contribution in [0.1, 0.15) is 55.0 Å². The Morgan fingerprint density at radius 3 is 2.42 bits per heavy atom. The zero-order valence-electron chi connectivity index (χ0n) is 24.8. The van der Waals surface area contributed by atoms with Crippen molar-refractivity contribution in [2.75, 3.05) is 59.7 Å². The minimum atomic E-state index is -1.44. The van der Waals surface area contributed by atoms with Gasteiger partial charge in [0.1, 0.15) is 11.9 Å². The minimum absolute atomic E-state index is 0.00670. The van der Waals surface area contributed by atoms with Gasteiger partial charge in [-0.25, -0.2) is 17.6 Å². The highest BCUT2D eigenvalue weighted by Gasteiger charge is 2.35. The highest BCUT2D eigenvalue weighted by molar-refractivity contribution is 5.85. The highest BCUT2D eigenvalue weighted by Crippen LogP contribution is 2.41. The van der Waals surface area contributed by atoms with Gasteiger partial charge in [0.25, 0.3) is 0 Å². The summed E-state index contributed by atoms with van der Waals surface area (Å²) in [4.78, 5) is 9.15. The van der Waals surface area contributed by atoms with Crippen LogP contribution in [-0.4, -0.2) is 79.5 Å². The molecule has 6 nitrogen and oxygen atoms in total. The van der Waals surface area contributed by atoms with E-state index in [2.05, 4.69) is 14.8 Å². The van der Waals surface area contributed by atoms with Crippen LogP contribution in [0, 0.1) is 22.9 Å². The molecule has 2 aromatic carbocycles. The number of pyridine rings is 1. The molecule has 0 saturated carbocycles. The zero-order valence-corrected chi connectivity index (χ0v) is 24.8. The molecule has 1 N–H and O–H groups in total. The van der Waals surface area contributed by atoms with Gasteiger partial charge >= 0.3 is 0 Å². The Bertz CT molecular complexity index is 1350. The average molecular weight is 604 g/mol. The molecule has 3 aromatic rings. The number of piperidine rings is 1. The lowest BCUT2D eigenvalue weighted by Crippen LogP contribution is -2.42. The molecule has 0 bridgehead atoms. The van der Waals surface area contributed by atoms with Gasteiger partial charge in [0, 0.05) is 43.4 Å². The molecule has 2 aliphatic heterocycles. The smallest absolute Gasteiger partial charge is 0.194 e. The molecular formula is C33H41F4N3O3. The van der Waals surface area contributed by atoms with E-state index >= 15 is 4.39 Å². The van der Waals surface area contributed by atoms with Crippen molar-refractivity contribution in [2.24, 2.45) is 5.41 Å². The van der Waals surface area contributed by atoms with Gasteiger partial charge in [0.05, 0.1) is 25.8 Å².